The third-order valence-corrected chi connectivity index (χ3v) is 4.08. The van der Waals surface area contributed by atoms with Gasteiger partial charge >= 0.3 is 5.97 Å². The van der Waals surface area contributed by atoms with E-state index in [1.807, 2.05) is 0 Å². The molecule has 5 nitrogen and oxygen atoms in total. The Morgan fingerprint density at radius 2 is 1.87 bits per heavy atom. The standard InChI is InChI=1S/C17H16FNO4/c18-12-4-1-10(2-5-12)14-7-8-15(23-14)16(20)19-13-6-3-11(9-13)17(21)22/h1-2,4-5,7-8,11,13H,3,6,9H2,(H,19,20)(H,21,22)/t11-,13+/m0/s1. The molecule has 3 rings (SSSR count). The van der Waals surface area contributed by atoms with E-state index in [0.717, 1.165) is 0 Å². The molecule has 0 spiro atoms. The van der Waals surface area contributed by atoms with Gasteiger partial charge in [0, 0.05) is 11.6 Å². The number of carbonyl (C=O) groups excluding carboxylic acids is 1. The Kier molecular flexibility index (Phi) is 4.14. The SMILES string of the molecule is O=C(N[C@@H]1CC[C@H](C(=O)O)C1)c1ccc(-c2ccc(F)cc2)o1. The van der Waals surface area contributed by atoms with Crippen LogP contribution in [0.25, 0.3) is 11.3 Å². The largest absolute Gasteiger partial charge is 0.481 e. The van der Waals surface area contributed by atoms with Gasteiger partial charge in [-0.2, -0.15) is 0 Å². The topological polar surface area (TPSA) is 79.5 Å². The molecule has 1 aliphatic carbocycles. The Bertz CT molecular complexity index is 722. The Morgan fingerprint density at radius 3 is 2.52 bits per heavy atom. The summed E-state index contributed by atoms with van der Waals surface area (Å²) >= 11 is 0. The average Bonchev–Trinajstić information content (AvgIpc) is 3.17. The zero-order valence-corrected chi connectivity index (χ0v) is 12.3. The Hall–Kier alpha value is -2.63. The summed E-state index contributed by atoms with van der Waals surface area (Å²) in [5.41, 5.74) is 0.678. The van der Waals surface area contributed by atoms with E-state index in [2.05, 4.69) is 5.32 Å². The molecule has 1 aromatic heterocycles. The van der Waals surface area contributed by atoms with E-state index < -0.39 is 11.9 Å². The molecule has 0 saturated heterocycles. The number of hydrogen-bond donors (Lipinski definition) is 2. The zero-order chi connectivity index (χ0) is 16.4. The predicted molar refractivity (Wildman–Crippen MR) is 80.3 cm³/mol. The highest BCUT2D eigenvalue weighted by Gasteiger charge is 2.31. The van der Waals surface area contributed by atoms with Crippen molar-refractivity contribution in [3.63, 3.8) is 0 Å². The van der Waals surface area contributed by atoms with Gasteiger partial charge in [-0.25, -0.2) is 4.39 Å². The number of furan rings is 1. The van der Waals surface area contributed by atoms with Crippen LogP contribution in [0.4, 0.5) is 4.39 Å². The molecule has 1 amide bonds. The summed E-state index contributed by atoms with van der Waals surface area (Å²) in [4.78, 5) is 23.1. The number of amides is 1. The van der Waals surface area contributed by atoms with Crippen LogP contribution in [0.2, 0.25) is 0 Å². The molecule has 2 aromatic rings. The minimum atomic E-state index is -0.821. The van der Waals surface area contributed by atoms with Gasteiger partial charge < -0.3 is 14.8 Å². The first-order chi connectivity index (χ1) is 11.0. The number of carbonyl (C=O) groups is 2. The number of rotatable bonds is 4. The van der Waals surface area contributed by atoms with Crippen LogP contribution in [-0.2, 0) is 4.79 Å². The first kappa shape index (κ1) is 15.3. The molecule has 2 atom stereocenters. The van der Waals surface area contributed by atoms with Crippen LogP contribution in [0.1, 0.15) is 29.8 Å². The molecule has 0 aliphatic heterocycles. The maximum Gasteiger partial charge on any atom is 0.306 e. The lowest BCUT2D eigenvalue weighted by Gasteiger charge is -2.10. The van der Waals surface area contributed by atoms with E-state index in [4.69, 9.17) is 9.52 Å². The Morgan fingerprint density at radius 1 is 1.13 bits per heavy atom. The van der Waals surface area contributed by atoms with E-state index >= 15 is 0 Å². The third kappa shape index (κ3) is 3.41. The van der Waals surface area contributed by atoms with Crippen molar-refractivity contribution >= 4 is 11.9 Å². The lowest BCUT2D eigenvalue weighted by atomic mass is 10.1. The smallest absolute Gasteiger partial charge is 0.306 e. The third-order valence-electron chi connectivity index (χ3n) is 4.08. The first-order valence-corrected chi connectivity index (χ1v) is 7.42. The molecule has 1 aromatic carbocycles. The second-order valence-electron chi connectivity index (χ2n) is 5.69. The number of aliphatic carboxylic acids is 1. The highest BCUT2D eigenvalue weighted by molar-refractivity contribution is 5.92. The lowest BCUT2D eigenvalue weighted by molar-refractivity contribution is -0.141. The molecule has 0 bridgehead atoms. The van der Waals surface area contributed by atoms with Gasteiger partial charge in [0.25, 0.3) is 5.91 Å². The van der Waals surface area contributed by atoms with Gasteiger partial charge in [0.1, 0.15) is 11.6 Å². The van der Waals surface area contributed by atoms with E-state index in [0.29, 0.717) is 30.6 Å². The van der Waals surface area contributed by atoms with Crippen molar-refractivity contribution in [3.8, 4) is 11.3 Å². The second kappa shape index (κ2) is 6.24. The molecule has 0 radical (unpaired) electrons. The summed E-state index contributed by atoms with van der Waals surface area (Å²) in [7, 11) is 0. The summed E-state index contributed by atoms with van der Waals surface area (Å²) in [5.74, 6) is -1.29. The van der Waals surface area contributed by atoms with Gasteiger partial charge in [0.2, 0.25) is 0 Å². The monoisotopic (exact) mass is 317 g/mol. The van der Waals surface area contributed by atoms with Crippen LogP contribution in [0.15, 0.2) is 40.8 Å². The fourth-order valence-corrected chi connectivity index (χ4v) is 2.82. The molecule has 120 valence electrons. The summed E-state index contributed by atoms with van der Waals surface area (Å²) in [6, 6.07) is 8.84. The molecule has 1 aliphatic rings. The highest BCUT2D eigenvalue weighted by Crippen LogP contribution is 2.27. The molecule has 1 saturated carbocycles. The first-order valence-electron chi connectivity index (χ1n) is 7.42. The van der Waals surface area contributed by atoms with Crippen LogP contribution >= 0.6 is 0 Å². The van der Waals surface area contributed by atoms with Gasteiger partial charge in [0.05, 0.1) is 5.92 Å². The molecule has 6 heteroatoms. The zero-order valence-electron chi connectivity index (χ0n) is 12.3. The molecule has 2 N–H and O–H groups in total. The van der Waals surface area contributed by atoms with E-state index in [9.17, 15) is 14.0 Å². The molecule has 0 unspecified atom stereocenters. The van der Waals surface area contributed by atoms with Crippen LogP contribution in [-0.4, -0.2) is 23.0 Å². The number of benzene rings is 1. The lowest BCUT2D eigenvalue weighted by Crippen LogP contribution is -2.33. The molecular weight excluding hydrogens is 301 g/mol. The van der Waals surface area contributed by atoms with E-state index in [1.165, 1.54) is 12.1 Å². The summed E-state index contributed by atoms with van der Waals surface area (Å²) < 4.78 is 18.4. The summed E-state index contributed by atoms with van der Waals surface area (Å²) in [6.07, 6.45) is 1.65. The minimum absolute atomic E-state index is 0.150. The summed E-state index contributed by atoms with van der Waals surface area (Å²) in [6.45, 7) is 0. The molecule has 1 fully saturated rings. The maximum absolute atomic E-state index is 12.9. The number of nitrogens with one attached hydrogen (secondary N) is 1. The van der Waals surface area contributed by atoms with Crippen LogP contribution in [0, 0.1) is 11.7 Å². The average molecular weight is 317 g/mol. The quantitative estimate of drug-likeness (QED) is 0.908. The van der Waals surface area contributed by atoms with Crippen LogP contribution in [0.5, 0.6) is 0 Å². The van der Waals surface area contributed by atoms with Crippen molar-refractivity contribution in [3.05, 3.63) is 48.0 Å². The van der Waals surface area contributed by atoms with Gasteiger partial charge in [-0.05, 0) is 55.7 Å². The van der Waals surface area contributed by atoms with Crippen LogP contribution in [0.3, 0.4) is 0 Å². The number of hydrogen-bond acceptors (Lipinski definition) is 3. The van der Waals surface area contributed by atoms with Crippen molar-refractivity contribution in [1.82, 2.24) is 5.32 Å². The molecule has 1 heterocycles. The van der Waals surface area contributed by atoms with Gasteiger partial charge in [-0.1, -0.05) is 0 Å². The molecular formula is C17H16FNO4. The van der Waals surface area contributed by atoms with Crippen molar-refractivity contribution < 1.29 is 23.5 Å². The van der Waals surface area contributed by atoms with Crippen LogP contribution < -0.4 is 5.32 Å². The number of carboxylic acids is 1. The minimum Gasteiger partial charge on any atom is -0.481 e. The molecule has 23 heavy (non-hydrogen) atoms. The summed E-state index contributed by atoms with van der Waals surface area (Å²) in [5, 5.41) is 11.8. The fraction of sp³-hybridized carbons (Fsp3) is 0.294. The van der Waals surface area contributed by atoms with Gasteiger partial charge in [0.15, 0.2) is 5.76 Å². The fourth-order valence-electron chi connectivity index (χ4n) is 2.82. The van der Waals surface area contributed by atoms with E-state index in [1.54, 1.807) is 24.3 Å². The predicted octanol–water partition coefficient (Wildman–Crippen LogP) is 3.07. The van der Waals surface area contributed by atoms with Crippen molar-refractivity contribution in [2.24, 2.45) is 5.92 Å². The number of carboxylic acid groups (broad SMARTS) is 1. The van der Waals surface area contributed by atoms with Crippen molar-refractivity contribution in [2.75, 3.05) is 0 Å². The van der Waals surface area contributed by atoms with Gasteiger partial charge in [-0.3, -0.25) is 9.59 Å². The van der Waals surface area contributed by atoms with Crippen molar-refractivity contribution in [2.45, 2.75) is 25.3 Å². The Balaban J connectivity index is 1.65. The normalized spacial score (nSPS) is 20.4. The van der Waals surface area contributed by atoms with Gasteiger partial charge in [-0.15, -0.1) is 0 Å². The Labute approximate surface area is 132 Å². The number of halogens is 1. The van der Waals surface area contributed by atoms with E-state index in [-0.39, 0.29) is 23.5 Å². The van der Waals surface area contributed by atoms with Crippen molar-refractivity contribution in [1.29, 1.82) is 0 Å². The second-order valence-corrected chi connectivity index (χ2v) is 5.69. The highest BCUT2D eigenvalue weighted by atomic mass is 19.1. The maximum atomic E-state index is 12.9.